The first kappa shape index (κ1) is 34.6. The molecule has 50 heavy (non-hydrogen) atoms. The zero-order valence-corrected chi connectivity index (χ0v) is 27.4. The van der Waals surface area contributed by atoms with Crippen LogP contribution in [0, 0.1) is 18.4 Å². The molecule has 0 bridgehead atoms. The number of carbonyl (C=O) groups is 4. The topological polar surface area (TPSA) is 195 Å². The number of carbonyl (C=O) groups excluding carboxylic acids is 4. The molecule has 7 amide bonds. The molecule has 14 nitrogen and oxygen atoms in total. The van der Waals surface area contributed by atoms with Crippen LogP contribution < -0.4 is 42.0 Å². The summed E-state index contributed by atoms with van der Waals surface area (Å²) in [5.74, 6) is 0.491. The zero-order valence-electron chi connectivity index (χ0n) is 27.4. The molecular formula is C36H36N8O6. The quantitative estimate of drug-likeness (QED) is 0.0633. The van der Waals surface area contributed by atoms with Gasteiger partial charge in [0.2, 0.25) is 0 Å². The van der Waals surface area contributed by atoms with E-state index in [4.69, 9.17) is 14.7 Å². The van der Waals surface area contributed by atoms with Crippen LogP contribution >= 0.6 is 0 Å². The number of ether oxygens (including phenoxy) is 2. The summed E-state index contributed by atoms with van der Waals surface area (Å²) in [6.07, 6.45) is 2.17. The molecule has 0 aromatic heterocycles. The molecule has 1 aliphatic carbocycles. The summed E-state index contributed by atoms with van der Waals surface area (Å²) in [7, 11) is 1.52. The molecule has 0 atom stereocenters. The van der Waals surface area contributed by atoms with Gasteiger partial charge < -0.3 is 41.4 Å². The third-order valence-corrected chi connectivity index (χ3v) is 7.82. The van der Waals surface area contributed by atoms with E-state index >= 15 is 0 Å². The molecular weight excluding hydrogens is 640 g/mol. The van der Waals surface area contributed by atoms with Gasteiger partial charge in [-0.2, -0.15) is 0 Å². The predicted octanol–water partition coefficient (Wildman–Crippen LogP) is 6.26. The van der Waals surface area contributed by atoms with Crippen molar-refractivity contribution in [3.8, 4) is 23.1 Å². The normalized spacial score (nSPS) is 10.7. The van der Waals surface area contributed by atoms with Gasteiger partial charge in [0.25, 0.3) is 6.26 Å². The lowest BCUT2D eigenvalue weighted by Crippen LogP contribution is -2.36. The van der Waals surface area contributed by atoms with E-state index in [1.54, 1.807) is 67.8 Å². The molecule has 0 fully saturated rings. The van der Waals surface area contributed by atoms with Crippen LogP contribution in [0.5, 0.6) is 5.75 Å². The lowest BCUT2D eigenvalue weighted by atomic mass is 10.1. The van der Waals surface area contributed by atoms with Crippen molar-refractivity contribution in [1.82, 2.24) is 16.0 Å². The van der Waals surface area contributed by atoms with Gasteiger partial charge in [0.1, 0.15) is 5.75 Å². The maximum absolute atomic E-state index is 12.6. The maximum Gasteiger partial charge on any atom is 0.411 e. The Morgan fingerprint density at radius 3 is 2.16 bits per heavy atom. The third-order valence-electron chi connectivity index (χ3n) is 7.82. The van der Waals surface area contributed by atoms with Crippen molar-refractivity contribution in [3.63, 3.8) is 0 Å². The average Bonchev–Trinajstić information content (AvgIpc) is 3.46. The van der Waals surface area contributed by atoms with E-state index in [2.05, 4.69) is 37.2 Å². The second-order valence-corrected chi connectivity index (χ2v) is 11.2. The number of nitrogens with zero attached hydrogens (tertiary/aromatic N) is 1. The van der Waals surface area contributed by atoms with Crippen molar-refractivity contribution in [1.29, 1.82) is 5.26 Å². The lowest BCUT2D eigenvalue weighted by molar-refractivity contribution is 0.160. The minimum Gasteiger partial charge on any atom is -0.449 e. The summed E-state index contributed by atoms with van der Waals surface area (Å²) >= 11 is 0. The average molecular weight is 677 g/mol. The Kier molecular flexibility index (Phi) is 11.3. The summed E-state index contributed by atoms with van der Waals surface area (Å²) in [5, 5.41) is 27.7. The van der Waals surface area contributed by atoms with E-state index < -0.39 is 12.1 Å². The Morgan fingerprint density at radius 2 is 1.44 bits per heavy atom. The fourth-order valence-electron chi connectivity index (χ4n) is 5.30. The van der Waals surface area contributed by atoms with E-state index in [-0.39, 0.29) is 25.2 Å². The predicted molar refractivity (Wildman–Crippen MR) is 189 cm³/mol. The zero-order chi connectivity index (χ0) is 35.5. The van der Waals surface area contributed by atoms with Crippen LogP contribution in [0.1, 0.15) is 28.7 Å². The highest BCUT2D eigenvalue weighted by Gasteiger charge is 2.20. The van der Waals surface area contributed by atoms with Crippen LogP contribution in [0.4, 0.5) is 41.9 Å². The summed E-state index contributed by atoms with van der Waals surface area (Å²) in [4.78, 5) is 48.8. The Morgan fingerprint density at radius 1 is 0.760 bits per heavy atom. The van der Waals surface area contributed by atoms with Gasteiger partial charge in [0.05, 0.1) is 6.61 Å². The molecule has 5 rings (SSSR count). The molecule has 256 valence electrons. The molecule has 0 unspecified atom stereocenters. The largest absolute Gasteiger partial charge is 0.449 e. The van der Waals surface area contributed by atoms with Gasteiger partial charge >= 0.3 is 24.2 Å². The first-order valence-corrected chi connectivity index (χ1v) is 15.8. The third kappa shape index (κ3) is 9.20. The number of hydrogen-bond donors (Lipinski definition) is 7. The van der Waals surface area contributed by atoms with E-state index in [0.717, 1.165) is 27.8 Å². The molecule has 0 aliphatic heterocycles. The summed E-state index contributed by atoms with van der Waals surface area (Å²) < 4.78 is 10.2. The van der Waals surface area contributed by atoms with Crippen LogP contribution in [0.3, 0.4) is 0 Å². The Hall–Kier alpha value is -6.75. The Balaban J connectivity index is 0.962. The van der Waals surface area contributed by atoms with Gasteiger partial charge in [-0.1, -0.05) is 30.3 Å². The van der Waals surface area contributed by atoms with Gasteiger partial charge in [-0.15, -0.1) is 5.26 Å². The number of hydrogen-bond acceptors (Lipinski definition) is 7. The van der Waals surface area contributed by atoms with Crippen LogP contribution in [0.25, 0.3) is 11.1 Å². The van der Waals surface area contributed by atoms with Crippen molar-refractivity contribution in [2.24, 2.45) is 0 Å². The monoisotopic (exact) mass is 676 g/mol. The van der Waals surface area contributed by atoms with E-state index in [1.165, 1.54) is 7.05 Å². The number of amides is 7. The standard InChI is InChI=1S/C36H36N8O6/c1-22-31(43-33(45)38-2)5-3-6-32(22)44-35(47)41-26-9-7-23(8-10-26)20-40-34(46)39-15-4-16-49-36(48)42-27-11-13-29-24(18-27)17-25-19-28(50-21-37)12-14-30(25)29/h3,5-14,18-19H,4,15-17,20H2,1-2H3,(H,42,48)(H2,38,43,45)(H2,39,40,46)(H2,41,44,47). The highest BCUT2D eigenvalue weighted by Crippen LogP contribution is 2.39. The molecule has 0 saturated heterocycles. The fourth-order valence-corrected chi connectivity index (χ4v) is 5.30. The first-order chi connectivity index (χ1) is 24.2. The number of fused-ring (bicyclic) bond motifs is 3. The Bertz CT molecular complexity index is 1940. The van der Waals surface area contributed by atoms with E-state index in [1.807, 2.05) is 24.3 Å². The van der Waals surface area contributed by atoms with Gasteiger partial charge in [-0.3, -0.25) is 5.32 Å². The number of urea groups is 3. The summed E-state index contributed by atoms with van der Waals surface area (Å²) in [5.41, 5.74) is 8.03. The van der Waals surface area contributed by atoms with Crippen molar-refractivity contribution >= 4 is 46.9 Å². The van der Waals surface area contributed by atoms with Crippen LogP contribution in [0.2, 0.25) is 0 Å². The minimum absolute atomic E-state index is 0.115. The molecule has 7 N–H and O–H groups in total. The number of benzene rings is 4. The molecule has 0 heterocycles. The van der Waals surface area contributed by atoms with Gasteiger partial charge in [0.15, 0.2) is 0 Å². The smallest absolute Gasteiger partial charge is 0.411 e. The van der Waals surface area contributed by atoms with Gasteiger partial charge in [-0.05, 0) is 102 Å². The fraction of sp³-hybridized carbons (Fsp3) is 0.194. The van der Waals surface area contributed by atoms with Crippen LogP contribution in [-0.4, -0.2) is 44.4 Å². The minimum atomic E-state index is -0.593. The molecule has 14 heteroatoms. The van der Waals surface area contributed by atoms with Crippen molar-refractivity contribution in [2.75, 3.05) is 41.5 Å². The molecule has 0 spiro atoms. The van der Waals surface area contributed by atoms with Gasteiger partial charge in [-0.25, -0.2) is 19.2 Å². The second kappa shape index (κ2) is 16.4. The molecule has 1 aliphatic rings. The highest BCUT2D eigenvalue weighted by atomic mass is 16.5. The van der Waals surface area contributed by atoms with Crippen molar-refractivity contribution < 1.29 is 28.7 Å². The van der Waals surface area contributed by atoms with Crippen molar-refractivity contribution in [3.05, 3.63) is 101 Å². The molecule has 4 aromatic carbocycles. The molecule has 4 aromatic rings. The highest BCUT2D eigenvalue weighted by molar-refractivity contribution is 6.01. The molecule has 0 saturated carbocycles. The lowest BCUT2D eigenvalue weighted by Gasteiger charge is -2.14. The van der Waals surface area contributed by atoms with Gasteiger partial charge in [0, 0.05) is 42.9 Å². The van der Waals surface area contributed by atoms with E-state index in [0.29, 0.717) is 53.4 Å². The van der Waals surface area contributed by atoms with E-state index in [9.17, 15) is 19.2 Å². The number of anilines is 4. The number of nitriles is 1. The van der Waals surface area contributed by atoms with Crippen LogP contribution in [0.15, 0.2) is 78.9 Å². The number of nitrogens with one attached hydrogen (secondary N) is 7. The summed E-state index contributed by atoms with van der Waals surface area (Å²) in [6.45, 7) is 2.47. The summed E-state index contributed by atoms with van der Waals surface area (Å²) in [6, 6.07) is 22.2. The Labute approximate surface area is 288 Å². The first-order valence-electron chi connectivity index (χ1n) is 15.8. The maximum atomic E-state index is 12.6. The second-order valence-electron chi connectivity index (χ2n) is 11.2. The number of rotatable bonds is 11. The van der Waals surface area contributed by atoms with Crippen LogP contribution in [-0.2, 0) is 17.7 Å². The molecule has 0 radical (unpaired) electrons. The SMILES string of the molecule is CNC(=O)Nc1cccc(NC(=O)Nc2ccc(CNC(=O)NCCCOC(=O)Nc3ccc4c(c3)Cc3cc(OC#N)ccc3-4)cc2)c1C. The van der Waals surface area contributed by atoms with Crippen molar-refractivity contribution in [2.45, 2.75) is 26.3 Å².